The summed E-state index contributed by atoms with van der Waals surface area (Å²) < 4.78 is 11.2. The Bertz CT molecular complexity index is 945. The largest absolute Gasteiger partial charge is 0.486 e. The van der Waals surface area contributed by atoms with Gasteiger partial charge in [0.2, 0.25) is 0 Å². The maximum Gasteiger partial charge on any atom is 0.254 e. The highest BCUT2D eigenvalue weighted by Gasteiger charge is 2.25. The molecule has 0 aliphatic carbocycles. The van der Waals surface area contributed by atoms with E-state index in [-0.39, 0.29) is 11.9 Å². The van der Waals surface area contributed by atoms with Crippen LogP contribution in [0.4, 0.5) is 0 Å². The van der Waals surface area contributed by atoms with Crippen LogP contribution >= 0.6 is 0 Å². The molecule has 0 bridgehead atoms. The van der Waals surface area contributed by atoms with Crippen molar-refractivity contribution in [1.29, 1.82) is 0 Å². The highest BCUT2D eigenvalue weighted by atomic mass is 16.6. The molecular formula is C23H22N2O3. The Hall–Kier alpha value is -3.34. The van der Waals surface area contributed by atoms with E-state index in [4.69, 9.17) is 9.47 Å². The van der Waals surface area contributed by atoms with Crippen LogP contribution in [0, 0.1) is 0 Å². The second kappa shape index (κ2) is 8.13. The third-order valence-corrected chi connectivity index (χ3v) is 4.86. The Morgan fingerprint density at radius 2 is 1.75 bits per heavy atom. The minimum absolute atomic E-state index is 0.0704. The van der Waals surface area contributed by atoms with Crippen molar-refractivity contribution in [2.75, 3.05) is 13.2 Å². The molecule has 0 saturated heterocycles. The van der Waals surface area contributed by atoms with Crippen LogP contribution in [0.5, 0.6) is 11.5 Å². The van der Waals surface area contributed by atoms with Crippen LogP contribution in [-0.2, 0) is 6.54 Å². The summed E-state index contributed by atoms with van der Waals surface area (Å²) >= 11 is 0. The van der Waals surface area contributed by atoms with Crippen molar-refractivity contribution in [3.8, 4) is 11.5 Å². The van der Waals surface area contributed by atoms with Crippen molar-refractivity contribution in [2.24, 2.45) is 0 Å². The molecule has 1 amide bonds. The second-order valence-corrected chi connectivity index (χ2v) is 6.70. The molecule has 5 heteroatoms. The Labute approximate surface area is 164 Å². The standard InChI is InChI=1S/C23H22N2O3/c1-17(18-7-3-2-4-8-18)25(16-20-9-5-6-12-24-20)23(26)19-10-11-21-22(15-19)28-14-13-27-21/h2-12,15,17H,13-14,16H2,1H3/t17-/m1/s1. The Morgan fingerprint density at radius 3 is 2.50 bits per heavy atom. The summed E-state index contributed by atoms with van der Waals surface area (Å²) in [6.07, 6.45) is 1.75. The first kappa shape index (κ1) is 18.0. The monoisotopic (exact) mass is 374 g/mol. The number of benzene rings is 2. The molecule has 142 valence electrons. The zero-order valence-electron chi connectivity index (χ0n) is 15.7. The van der Waals surface area contributed by atoms with Gasteiger partial charge in [0.05, 0.1) is 18.3 Å². The summed E-state index contributed by atoms with van der Waals surface area (Å²) in [6.45, 7) is 3.47. The predicted molar refractivity (Wildman–Crippen MR) is 106 cm³/mol. The van der Waals surface area contributed by atoms with E-state index in [0.717, 1.165) is 11.3 Å². The normalized spacial score (nSPS) is 13.6. The molecule has 1 aliphatic heterocycles. The number of hydrogen-bond donors (Lipinski definition) is 0. The maximum absolute atomic E-state index is 13.5. The van der Waals surface area contributed by atoms with Crippen LogP contribution in [0.1, 0.15) is 34.6 Å². The van der Waals surface area contributed by atoms with Gasteiger partial charge in [0.1, 0.15) is 13.2 Å². The van der Waals surface area contributed by atoms with E-state index in [0.29, 0.717) is 36.8 Å². The summed E-state index contributed by atoms with van der Waals surface area (Å²) in [5, 5.41) is 0. The number of rotatable bonds is 5. The molecule has 0 spiro atoms. The van der Waals surface area contributed by atoms with E-state index in [9.17, 15) is 4.79 Å². The molecule has 0 radical (unpaired) electrons. The molecule has 0 N–H and O–H groups in total. The first-order valence-electron chi connectivity index (χ1n) is 9.38. The quantitative estimate of drug-likeness (QED) is 0.670. The van der Waals surface area contributed by atoms with Crippen LogP contribution in [0.3, 0.4) is 0 Å². The summed E-state index contributed by atoms with van der Waals surface area (Å²) in [5.74, 6) is 1.22. The second-order valence-electron chi connectivity index (χ2n) is 6.70. The summed E-state index contributed by atoms with van der Waals surface area (Å²) in [7, 11) is 0. The summed E-state index contributed by atoms with van der Waals surface area (Å²) in [6, 6.07) is 21.0. The molecule has 28 heavy (non-hydrogen) atoms. The van der Waals surface area contributed by atoms with Crippen molar-refractivity contribution >= 4 is 5.91 Å². The van der Waals surface area contributed by atoms with Gasteiger partial charge in [-0.25, -0.2) is 0 Å². The number of amides is 1. The van der Waals surface area contributed by atoms with Crippen molar-refractivity contribution in [1.82, 2.24) is 9.88 Å². The zero-order valence-corrected chi connectivity index (χ0v) is 15.7. The highest BCUT2D eigenvalue weighted by molar-refractivity contribution is 5.95. The number of nitrogens with zero attached hydrogens (tertiary/aromatic N) is 2. The Kier molecular flexibility index (Phi) is 5.24. The van der Waals surface area contributed by atoms with Gasteiger partial charge in [0.25, 0.3) is 5.91 Å². The third-order valence-electron chi connectivity index (χ3n) is 4.86. The number of hydrogen-bond acceptors (Lipinski definition) is 4. The van der Waals surface area contributed by atoms with Gasteiger partial charge in [0, 0.05) is 11.8 Å². The molecule has 3 aromatic rings. The molecule has 5 nitrogen and oxygen atoms in total. The van der Waals surface area contributed by atoms with E-state index in [2.05, 4.69) is 4.98 Å². The van der Waals surface area contributed by atoms with Crippen molar-refractivity contribution in [2.45, 2.75) is 19.5 Å². The minimum Gasteiger partial charge on any atom is -0.486 e. The van der Waals surface area contributed by atoms with E-state index in [1.807, 2.05) is 60.4 Å². The molecule has 4 rings (SSSR count). The first-order chi connectivity index (χ1) is 13.7. The van der Waals surface area contributed by atoms with Crippen molar-refractivity contribution in [3.63, 3.8) is 0 Å². The average molecular weight is 374 g/mol. The average Bonchev–Trinajstić information content (AvgIpc) is 2.77. The lowest BCUT2D eigenvalue weighted by molar-refractivity contribution is 0.0670. The lowest BCUT2D eigenvalue weighted by Gasteiger charge is -2.30. The molecule has 0 unspecified atom stereocenters. The number of carbonyl (C=O) groups excluding carboxylic acids is 1. The summed E-state index contributed by atoms with van der Waals surface area (Å²) in [4.78, 5) is 19.7. The SMILES string of the molecule is C[C@H](c1ccccc1)N(Cc1ccccn1)C(=O)c1ccc2c(c1)OCCO2. The van der Waals surface area contributed by atoms with Gasteiger partial charge in [-0.15, -0.1) is 0 Å². The topological polar surface area (TPSA) is 51.7 Å². The van der Waals surface area contributed by atoms with Gasteiger partial charge in [-0.05, 0) is 42.8 Å². The maximum atomic E-state index is 13.5. The number of pyridine rings is 1. The van der Waals surface area contributed by atoms with Gasteiger partial charge >= 0.3 is 0 Å². The first-order valence-corrected chi connectivity index (χ1v) is 9.38. The molecule has 0 fully saturated rings. The smallest absolute Gasteiger partial charge is 0.254 e. The van der Waals surface area contributed by atoms with Crippen LogP contribution in [0.25, 0.3) is 0 Å². The third kappa shape index (κ3) is 3.83. The molecular weight excluding hydrogens is 352 g/mol. The molecule has 2 aromatic carbocycles. The molecule has 1 aliphatic rings. The number of aromatic nitrogens is 1. The fourth-order valence-corrected chi connectivity index (χ4v) is 3.30. The van der Waals surface area contributed by atoms with Gasteiger partial charge in [0.15, 0.2) is 11.5 Å². The number of ether oxygens (including phenoxy) is 2. The zero-order chi connectivity index (χ0) is 19.3. The van der Waals surface area contributed by atoms with Crippen LogP contribution in [0.15, 0.2) is 72.9 Å². The van der Waals surface area contributed by atoms with Crippen molar-refractivity contribution in [3.05, 3.63) is 89.7 Å². The van der Waals surface area contributed by atoms with Gasteiger partial charge < -0.3 is 14.4 Å². The van der Waals surface area contributed by atoms with Gasteiger partial charge in [-0.3, -0.25) is 9.78 Å². The van der Waals surface area contributed by atoms with E-state index in [1.165, 1.54) is 0 Å². The van der Waals surface area contributed by atoms with Crippen molar-refractivity contribution < 1.29 is 14.3 Å². The van der Waals surface area contributed by atoms with Gasteiger partial charge in [-0.2, -0.15) is 0 Å². The molecule has 2 heterocycles. The Balaban J connectivity index is 1.67. The van der Waals surface area contributed by atoms with Crippen LogP contribution < -0.4 is 9.47 Å². The molecule has 1 atom stereocenters. The van der Waals surface area contributed by atoms with Crippen LogP contribution in [-0.4, -0.2) is 29.0 Å². The van der Waals surface area contributed by atoms with Gasteiger partial charge in [-0.1, -0.05) is 36.4 Å². The van der Waals surface area contributed by atoms with E-state index >= 15 is 0 Å². The lowest BCUT2D eigenvalue weighted by atomic mass is 10.0. The highest BCUT2D eigenvalue weighted by Crippen LogP contribution is 2.32. The molecule has 1 aromatic heterocycles. The minimum atomic E-state index is -0.107. The Morgan fingerprint density at radius 1 is 1.00 bits per heavy atom. The number of carbonyl (C=O) groups is 1. The fraction of sp³-hybridized carbons (Fsp3) is 0.217. The number of fused-ring (bicyclic) bond motifs is 1. The van der Waals surface area contributed by atoms with E-state index < -0.39 is 0 Å². The molecule has 0 saturated carbocycles. The van der Waals surface area contributed by atoms with E-state index in [1.54, 1.807) is 24.4 Å². The summed E-state index contributed by atoms with van der Waals surface area (Å²) in [5.41, 5.74) is 2.49. The fourth-order valence-electron chi connectivity index (χ4n) is 3.30. The lowest BCUT2D eigenvalue weighted by Crippen LogP contribution is -2.33. The van der Waals surface area contributed by atoms with Crippen LogP contribution in [0.2, 0.25) is 0 Å². The predicted octanol–water partition coefficient (Wildman–Crippen LogP) is 4.26.